The summed E-state index contributed by atoms with van der Waals surface area (Å²) in [4.78, 5) is 4.97. The van der Waals surface area contributed by atoms with Gasteiger partial charge in [-0.15, -0.1) is 0 Å². The van der Waals surface area contributed by atoms with Crippen LogP contribution in [0, 0.1) is 7.43 Å². The van der Waals surface area contributed by atoms with E-state index in [2.05, 4.69) is 5.16 Å². The molecule has 0 heterocycles. The molecule has 0 amide bonds. The summed E-state index contributed by atoms with van der Waals surface area (Å²) >= 11 is 4.78. The fraction of sp³-hybridized carbons (Fsp3) is 0.778. The first-order chi connectivity index (χ1) is 5.81. The van der Waals surface area contributed by atoms with Crippen molar-refractivity contribution < 1.29 is 9.57 Å². The van der Waals surface area contributed by atoms with Crippen molar-refractivity contribution in [3.8, 4) is 0 Å². The summed E-state index contributed by atoms with van der Waals surface area (Å²) in [5.74, 6) is 1.37. The van der Waals surface area contributed by atoms with Gasteiger partial charge >= 0.3 is 0 Å². The van der Waals surface area contributed by atoms with E-state index < -0.39 is 0 Å². The minimum atomic E-state index is 0. The van der Waals surface area contributed by atoms with Crippen LogP contribution >= 0.6 is 0 Å². The quantitative estimate of drug-likeness (QED) is 0.148. The molecule has 0 aromatic rings. The van der Waals surface area contributed by atoms with Gasteiger partial charge in [0.1, 0.15) is 6.61 Å². The number of unbranched alkanes of at least 4 members (excludes halogenated alkanes) is 1. The molecule has 14 heavy (non-hydrogen) atoms. The Morgan fingerprint density at radius 2 is 2.00 bits per heavy atom. The minimum absolute atomic E-state index is 0. The molecule has 0 saturated heterocycles. The van der Waals surface area contributed by atoms with Crippen molar-refractivity contribution in [2.24, 2.45) is 5.16 Å². The number of ether oxygens (including phenoxy) is 1. The molecule has 0 saturated carbocycles. The number of oxime groups is 1. The van der Waals surface area contributed by atoms with Crippen molar-refractivity contribution in [2.45, 2.75) is 26.7 Å². The fourth-order valence-electron chi connectivity index (χ4n) is 0.640. The molecule has 0 aliphatic carbocycles. The summed E-state index contributed by atoms with van der Waals surface area (Å²) in [6.45, 7) is 4.94. The normalized spacial score (nSPS) is 9.79. The van der Waals surface area contributed by atoms with Crippen LogP contribution in [0.5, 0.6) is 0 Å². The van der Waals surface area contributed by atoms with Crippen LogP contribution in [0.2, 0.25) is 0 Å². The molecule has 0 rings (SSSR count). The Morgan fingerprint density at radius 1 is 1.36 bits per heavy atom. The average Bonchev–Trinajstić information content (AvgIpc) is 2.05. The molecular weight excluding hydrogens is 454 g/mol. The maximum absolute atomic E-state index is 5.05. The third kappa shape index (κ3) is 13.2. The standard InChI is InChI=1S/C8H17NO2S.CH3.Db/c1-3-10-8(2)9-11-6-4-5-7-12;;/h12H,3-7H2,1-2H3;1H3;/q;-1;/p-1. The number of rotatable bonds is 6. The third-order valence-electron chi connectivity index (χ3n) is 1.18. The molecule has 0 N–H and O–H groups in total. The molecule has 0 bridgehead atoms. The summed E-state index contributed by atoms with van der Waals surface area (Å²) < 4.78 is 5.05. The van der Waals surface area contributed by atoms with Crippen LogP contribution in [-0.4, -0.2) is 24.9 Å². The van der Waals surface area contributed by atoms with Crippen molar-refractivity contribution in [1.29, 1.82) is 0 Å². The van der Waals surface area contributed by atoms with Crippen molar-refractivity contribution >= 4 is 18.5 Å². The van der Waals surface area contributed by atoms with E-state index in [9.17, 15) is 0 Å². The van der Waals surface area contributed by atoms with Gasteiger partial charge in [0, 0.05) is 6.92 Å². The van der Waals surface area contributed by atoms with Gasteiger partial charge in [0.2, 0.25) is 5.90 Å². The predicted octanol–water partition coefficient (Wildman–Crippen LogP) is 2.15. The summed E-state index contributed by atoms with van der Waals surface area (Å²) in [5.41, 5.74) is 0. The molecule has 0 aromatic heterocycles. The minimum Gasteiger partial charge on any atom is -0.793 e. The zero-order chi connectivity index (χ0) is 9.23. The molecule has 0 unspecified atom stereocenters. The Labute approximate surface area is 86.9 Å². The van der Waals surface area contributed by atoms with Crippen LogP contribution < -0.4 is 0 Å². The molecule has 82 valence electrons. The first kappa shape index (κ1) is 18.4. The molecule has 0 aromatic carbocycles. The van der Waals surface area contributed by atoms with Gasteiger partial charge in [-0.3, -0.25) is 0 Å². The fourth-order valence-corrected chi connectivity index (χ4v) is 0.845. The molecule has 0 atom stereocenters. The zero-order valence-corrected chi connectivity index (χ0v) is 16.7. The monoisotopic (exact) mass is 473 g/mol. The Balaban J connectivity index is -0.000000605. The second-order valence-electron chi connectivity index (χ2n) is 2.29. The Bertz CT molecular complexity index is 134. The van der Waals surface area contributed by atoms with Crippen LogP contribution in [0.3, 0.4) is 0 Å². The van der Waals surface area contributed by atoms with E-state index in [1.54, 1.807) is 6.92 Å². The average molecular weight is 473 g/mol. The van der Waals surface area contributed by atoms with Crippen LogP contribution in [-0.2, 0) is 22.2 Å². The van der Waals surface area contributed by atoms with Crippen LogP contribution in [0.25, 0.3) is 0 Å². The predicted molar refractivity (Wildman–Crippen MR) is 58.6 cm³/mol. The summed E-state index contributed by atoms with van der Waals surface area (Å²) in [6.07, 6.45) is 1.98. The Kier molecular flexibility index (Phi) is 18.6. The first-order valence-electron chi connectivity index (χ1n) is 4.18. The number of hydrogen-bond donors (Lipinski definition) is 0. The van der Waals surface area contributed by atoms with E-state index in [4.69, 9.17) is 22.2 Å². The van der Waals surface area contributed by atoms with Gasteiger partial charge < -0.3 is 29.6 Å². The molecule has 5 heteroatoms. The first-order valence-corrected chi connectivity index (χ1v) is 4.76. The molecule has 0 aliphatic rings. The van der Waals surface area contributed by atoms with Gasteiger partial charge in [0.25, 0.3) is 0 Å². The Morgan fingerprint density at radius 3 is 2.50 bits per heavy atom. The van der Waals surface area contributed by atoms with Gasteiger partial charge in [0.05, 0.1) is 6.61 Å². The van der Waals surface area contributed by atoms with Crippen LogP contribution in [0.15, 0.2) is 5.16 Å². The van der Waals surface area contributed by atoms with Crippen molar-refractivity contribution in [3.63, 3.8) is 0 Å². The van der Waals surface area contributed by atoms with Crippen molar-refractivity contribution in [1.82, 2.24) is 0 Å². The summed E-state index contributed by atoms with van der Waals surface area (Å²) in [5, 5.41) is 3.75. The summed E-state index contributed by atoms with van der Waals surface area (Å²) in [7, 11) is 0. The summed E-state index contributed by atoms with van der Waals surface area (Å²) in [6, 6.07) is 0. The van der Waals surface area contributed by atoms with Gasteiger partial charge in [-0.05, 0) is 13.3 Å². The molecule has 0 radical (unpaired) electrons. The molecule has 0 fully saturated rings. The second kappa shape index (κ2) is 14.2. The van der Waals surface area contributed by atoms with E-state index >= 15 is 0 Å². The Hall–Kier alpha value is -1.38. The van der Waals surface area contributed by atoms with E-state index in [1.807, 2.05) is 6.92 Å². The van der Waals surface area contributed by atoms with E-state index in [1.165, 1.54) is 0 Å². The van der Waals surface area contributed by atoms with Gasteiger partial charge in [0.15, 0.2) is 0 Å². The number of hydrogen-bond acceptors (Lipinski definition) is 4. The van der Waals surface area contributed by atoms with E-state index in [0.717, 1.165) is 18.6 Å². The zero-order valence-electron chi connectivity index (χ0n) is 9.41. The number of nitrogens with zero attached hydrogens (tertiary/aromatic N) is 1. The van der Waals surface area contributed by atoms with Crippen molar-refractivity contribution in [2.75, 3.05) is 19.0 Å². The van der Waals surface area contributed by atoms with Gasteiger partial charge in [-0.2, -0.15) is 5.75 Å². The smallest absolute Gasteiger partial charge is 0.222 e. The molecule has 3 nitrogen and oxygen atoms in total. The molecular formula is C9H19DbNO2S-2. The SMILES string of the molecule is CCOC(C)=NOCCCC[S-].[CH3-].[Db]. The largest absolute Gasteiger partial charge is 0.793 e. The van der Waals surface area contributed by atoms with E-state index in [0.29, 0.717) is 19.1 Å². The maximum Gasteiger partial charge on any atom is 0.222 e. The molecule has 0 spiro atoms. The van der Waals surface area contributed by atoms with Crippen molar-refractivity contribution in [3.05, 3.63) is 7.43 Å². The van der Waals surface area contributed by atoms with Crippen LogP contribution in [0.4, 0.5) is 0 Å². The second-order valence-corrected chi connectivity index (χ2v) is 2.70. The maximum atomic E-state index is 5.05. The van der Waals surface area contributed by atoms with Gasteiger partial charge in [-0.25, -0.2) is 0 Å². The van der Waals surface area contributed by atoms with E-state index in [-0.39, 0.29) is 7.43 Å². The third-order valence-corrected chi connectivity index (χ3v) is 1.46. The van der Waals surface area contributed by atoms with Gasteiger partial charge in [-0.1, -0.05) is 11.6 Å². The topological polar surface area (TPSA) is 30.8 Å². The van der Waals surface area contributed by atoms with Crippen LogP contribution in [0.1, 0.15) is 26.7 Å². The molecule has 0 aliphatic heterocycles.